The van der Waals surface area contributed by atoms with Gasteiger partial charge in [0, 0.05) is 44.0 Å². The van der Waals surface area contributed by atoms with Crippen LogP contribution in [0.25, 0.3) is 0 Å². The number of rotatable bonds is 7. The third-order valence-electron chi connectivity index (χ3n) is 5.65. The van der Waals surface area contributed by atoms with Crippen molar-refractivity contribution in [3.63, 3.8) is 0 Å². The number of nitrogens with one attached hydrogen (secondary N) is 3. The molecule has 1 aromatic carbocycles. The predicted molar refractivity (Wildman–Crippen MR) is 136 cm³/mol. The number of piperazine rings is 1. The van der Waals surface area contributed by atoms with E-state index in [1.165, 1.54) is 0 Å². The Hall–Kier alpha value is -3.72. The van der Waals surface area contributed by atoms with Crippen molar-refractivity contribution < 1.29 is 4.79 Å². The van der Waals surface area contributed by atoms with E-state index in [1.807, 2.05) is 51.1 Å². The number of carbonyl (C=O) groups is 1. The van der Waals surface area contributed by atoms with Crippen molar-refractivity contribution in [1.82, 2.24) is 25.2 Å². The van der Waals surface area contributed by atoms with E-state index < -0.39 is 0 Å². The van der Waals surface area contributed by atoms with Gasteiger partial charge in [0.2, 0.25) is 5.95 Å². The van der Waals surface area contributed by atoms with E-state index in [4.69, 9.17) is 0 Å². The maximum absolute atomic E-state index is 12.6. The van der Waals surface area contributed by atoms with Gasteiger partial charge in [0.15, 0.2) is 0 Å². The van der Waals surface area contributed by atoms with Crippen LogP contribution in [0.2, 0.25) is 0 Å². The number of carbonyl (C=O) groups excluding carboxylic acids is 1. The van der Waals surface area contributed by atoms with Gasteiger partial charge in [-0.2, -0.15) is 4.98 Å². The maximum Gasteiger partial charge on any atom is 0.253 e. The molecule has 1 aliphatic rings. The number of hydrogen-bond donors (Lipinski definition) is 3. The molecule has 0 saturated carbocycles. The summed E-state index contributed by atoms with van der Waals surface area (Å²) in [7, 11) is 2.14. The van der Waals surface area contributed by atoms with Crippen molar-refractivity contribution in [3.8, 4) is 0 Å². The molecule has 0 aliphatic carbocycles. The summed E-state index contributed by atoms with van der Waals surface area (Å²) >= 11 is 0. The third-order valence-corrected chi connectivity index (χ3v) is 5.65. The molecule has 2 aromatic heterocycles. The first-order chi connectivity index (χ1) is 16.4. The molecule has 3 heterocycles. The second-order valence-corrected chi connectivity index (χ2v) is 8.84. The Morgan fingerprint density at radius 1 is 0.971 bits per heavy atom. The minimum atomic E-state index is -0.130. The number of likely N-dealkylation sites (N-methyl/N-ethyl adjacent to an activating group) is 1. The zero-order valence-corrected chi connectivity index (χ0v) is 20.2. The molecule has 9 heteroatoms. The Morgan fingerprint density at radius 2 is 1.74 bits per heavy atom. The first-order valence-corrected chi connectivity index (χ1v) is 11.6. The Kier molecular flexibility index (Phi) is 7.22. The Labute approximate surface area is 200 Å². The van der Waals surface area contributed by atoms with Crippen molar-refractivity contribution in [2.24, 2.45) is 0 Å². The van der Waals surface area contributed by atoms with E-state index >= 15 is 0 Å². The van der Waals surface area contributed by atoms with E-state index in [9.17, 15) is 4.79 Å². The first kappa shape index (κ1) is 23.4. The van der Waals surface area contributed by atoms with Gasteiger partial charge in [-0.05, 0) is 52.1 Å². The van der Waals surface area contributed by atoms with Gasteiger partial charge in [-0.15, -0.1) is 0 Å². The summed E-state index contributed by atoms with van der Waals surface area (Å²) in [5.41, 5.74) is 2.93. The fraction of sp³-hybridized carbons (Fsp3) is 0.360. The van der Waals surface area contributed by atoms with E-state index in [-0.39, 0.29) is 11.9 Å². The van der Waals surface area contributed by atoms with Crippen molar-refractivity contribution in [1.29, 1.82) is 0 Å². The first-order valence-electron chi connectivity index (χ1n) is 11.6. The molecule has 3 N–H and O–H groups in total. The second-order valence-electron chi connectivity index (χ2n) is 8.84. The van der Waals surface area contributed by atoms with Crippen LogP contribution in [-0.2, 0) is 0 Å². The number of aromatic nitrogens is 3. The van der Waals surface area contributed by atoms with Crippen LogP contribution in [0.1, 0.15) is 29.8 Å². The van der Waals surface area contributed by atoms with Gasteiger partial charge in [-0.25, -0.2) is 9.97 Å². The minimum Gasteiger partial charge on any atom is -0.354 e. The number of nitrogens with zero attached hydrogens (tertiary/aromatic N) is 5. The van der Waals surface area contributed by atoms with Crippen LogP contribution in [0.4, 0.5) is 29.0 Å². The largest absolute Gasteiger partial charge is 0.354 e. The molecule has 0 radical (unpaired) electrons. The molecule has 0 bridgehead atoms. The highest BCUT2D eigenvalue weighted by molar-refractivity contribution is 6.00. The summed E-state index contributed by atoms with van der Waals surface area (Å²) < 4.78 is 0. The van der Waals surface area contributed by atoms with E-state index in [0.29, 0.717) is 23.0 Å². The number of aryl methyl sites for hydroxylation is 1. The van der Waals surface area contributed by atoms with Crippen LogP contribution < -0.4 is 20.9 Å². The van der Waals surface area contributed by atoms with Crippen LogP contribution >= 0.6 is 0 Å². The quantitative estimate of drug-likeness (QED) is 0.492. The normalized spacial score (nSPS) is 14.2. The highest BCUT2D eigenvalue weighted by Gasteiger charge is 2.16. The van der Waals surface area contributed by atoms with Gasteiger partial charge < -0.3 is 25.8 Å². The molecule has 1 aliphatic heterocycles. The molecule has 0 unspecified atom stereocenters. The summed E-state index contributed by atoms with van der Waals surface area (Å²) in [5.74, 6) is 1.92. The van der Waals surface area contributed by atoms with Crippen molar-refractivity contribution >= 4 is 34.9 Å². The van der Waals surface area contributed by atoms with Gasteiger partial charge >= 0.3 is 0 Å². The lowest BCUT2D eigenvalue weighted by Crippen LogP contribution is -2.44. The SMILES string of the molecule is Cc1cnc(Nc2ccc(N3CCN(C)CC3)nc2)nc1Nc1ccccc1C(=O)NC(C)C. The molecule has 1 fully saturated rings. The number of benzene rings is 1. The second kappa shape index (κ2) is 10.5. The van der Waals surface area contributed by atoms with Gasteiger partial charge in [0.1, 0.15) is 11.6 Å². The molecular formula is C25H32N8O. The summed E-state index contributed by atoms with van der Waals surface area (Å²) in [6.07, 6.45) is 3.55. The highest BCUT2D eigenvalue weighted by Crippen LogP contribution is 2.24. The molecule has 0 atom stereocenters. The Morgan fingerprint density at radius 3 is 2.44 bits per heavy atom. The van der Waals surface area contributed by atoms with Crippen molar-refractivity contribution in [3.05, 3.63) is 59.9 Å². The lowest BCUT2D eigenvalue weighted by Gasteiger charge is -2.33. The zero-order valence-electron chi connectivity index (χ0n) is 20.2. The molecule has 34 heavy (non-hydrogen) atoms. The highest BCUT2D eigenvalue weighted by atomic mass is 16.1. The number of pyridine rings is 1. The monoisotopic (exact) mass is 460 g/mol. The van der Waals surface area contributed by atoms with Crippen molar-refractivity contribution in [2.75, 3.05) is 48.8 Å². The van der Waals surface area contributed by atoms with Gasteiger partial charge in [0.25, 0.3) is 5.91 Å². The average molecular weight is 461 g/mol. The van der Waals surface area contributed by atoms with Crippen LogP contribution in [0.15, 0.2) is 48.8 Å². The third kappa shape index (κ3) is 5.79. The van der Waals surface area contributed by atoms with Crippen molar-refractivity contribution in [2.45, 2.75) is 26.8 Å². The molecule has 0 spiro atoms. The summed E-state index contributed by atoms with van der Waals surface area (Å²) in [5, 5.41) is 9.46. The van der Waals surface area contributed by atoms with Crippen LogP contribution in [-0.4, -0.2) is 65.0 Å². The molecule has 3 aromatic rings. The number of hydrogen-bond acceptors (Lipinski definition) is 8. The van der Waals surface area contributed by atoms with Crippen LogP contribution in [0.5, 0.6) is 0 Å². The summed E-state index contributed by atoms with van der Waals surface area (Å²) in [6, 6.07) is 11.5. The van der Waals surface area contributed by atoms with E-state index in [0.717, 1.165) is 43.2 Å². The molecule has 9 nitrogen and oxygen atoms in total. The van der Waals surface area contributed by atoms with Crippen LogP contribution in [0, 0.1) is 6.92 Å². The summed E-state index contributed by atoms with van der Waals surface area (Å²) in [6.45, 7) is 9.83. The lowest BCUT2D eigenvalue weighted by atomic mass is 10.1. The van der Waals surface area contributed by atoms with Gasteiger partial charge in [-0.3, -0.25) is 4.79 Å². The number of anilines is 5. The molecule has 1 saturated heterocycles. The fourth-order valence-electron chi connectivity index (χ4n) is 3.70. The topological polar surface area (TPSA) is 98.3 Å². The standard InChI is InChI=1S/C25H32N8O/c1-17(2)28-24(34)20-7-5-6-8-21(20)30-23-18(3)15-27-25(31-23)29-19-9-10-22(26-16-19)33-13-11-32(4)12-14-33/h5-10,15-17H,11-14H2,1-4H3,(H,28,34)(H2,27,29,30,31). The van der Waals surface area contributed by atoms with E-state index in [1.54, 1.807) is 18.5 Å². The number of amides is 1. The van der Waals surface area contributed by atoms with Gasteiger partial charge in [-0.1, -0.05) is 12.1 Å². The smallest absolute Gasteiger partial charge is 0.253 e. The Bertz CT molecular complexity index is 1120. The molecule has 178 valence electrons. The lowest BCUT2D eigenvalue weighted by molar-refractivity contribution is 0.0944. The average Bonchev–Trinajstić information content (AvgIpc) is 2.82. The maximum atomic E-state index is 12.6. The van der Waals surface area contributed by atoms with Crippen LogP contribution in [0.3, 0.4) is 0 Å². The predicted octanol–water partition coefficient (Wildman–Crippen LogP) is 3.56. The zero-order chi connectivity index (χ0) is 24.1. The molecule has 1 amide bonds. The molecular weight excluding hydrogens is 428 g/mol. The molecule has 4 rings (SSSR count). The minimum absolute atomic E-state index is 0.0494. The summed E-state index contributed by atoms with van der Waals surface area (Å²) in [4.78, 5) is 30.9. The van der Waals surface area contributed by atoms with E-state index in [2.05, 4.69) is 47.7 Å². The number of para-hydroxylation sites is 1. The fourth-order valence-corrected chi connectivity index (χ4v) is 3.70. The van der Waals surface area contributed by atoms with Gasteiger partial charge in [0.05, 0.1) is 23.1 Å². The Balaban J connectivity index is 1.48.